The van der Waals surface area contributed by atoms with E-state index in [1.54, 1.807) is 18.1 Å². The zero-order chi connectivity index (χ0) is 26.4. The van der Waals surface area contributed by atoms with Crippen molar-refractivity contribution in [2.75, 3.05) is 51.3 Å². The molecule has 0 spiro atoms. The van der Waals surface area contributed by atoms with Crippen molar-refractivity contribution in [1.82, 2.24) is 9.80 Å². The van der Waals surface area contributed by atoms with Gasteiger partial charge in [0.05, 0.1) is 12.5 Å². The predicted octanol–water partition coefficient (Wildman–Crippen LogP) is 1.93. The Balaban J connectivity index is 1.35. The molecule has 3 aliphatic heterocycles. The minimum absolute atomic E-state index is 0.00191. The molecule has 2 amide bonds. The number of Topliss-reactive ketones (excluding diaryl/α,β-unsaturated/α-hetero) is 1. The molecule has 4 atom stereocenters. The van der Waals surface area contributed by atoms with Crippen LogP contribution in [0.5, 0.6) is 0 Å². The van der Waals surface area contributed by atoms with E-state index in [0.29, 0.717) is 17.7 Å². The number of rotatable bonds is 7. The third-order valence-corrected chi connectivity index (χ3v) is 9.49. The molecule has 1 aromatic carbocycles. The number of fused-ring (bicyclic) bond motifs is 1. The van der Waals surface area contributed by atoms with Crippen molar-refractivity contribution in [2.45, 2.75) is 75.2 Å². The lowest BCUT2D eigenvalue weighted by Crippen LogP contribution is -2.47. The Morgan fingerprint density at radius 1 is 1.05 bits per heavy atom. The average Bonchev–Trinajstić information content (AvgIpc) is 3.63. The van der Waals surface area contributed by atoms with Crippen LogP contribution in [-0.2, 0) is 19.1 Å². The van der Waals surface area contributed by atoms with E-state index in [1.807, 2.05) is 12.1 Å². The molecule has 9 nitrogen and oxygen atoms in total. The van der Waals surface area contributed by atoms with E-state index in [2.05, 4.69) is 9.80 Å². The van der Waals surface area contributed by atoms with Crippen LogP contribution in [0, 0.1) is 5.92 Å². The first-order chi connectivity index (χ1) is 18.5. The zero-order valence-corrected chi connectivity index (χ0v) is 22.3. The Hall–Kier alpha value is -2.49. The first kappa shape index (κ1) is 25.8. The molecule has 0 bridgehead atoms. The SMILES string of the molecule is CO[C@@H]1CN(C(=O)[C@H](c2cc(N3CCN(C4CC4)CC3)ccc2C(N)=O)C2CCCCC2)[C@@H]2C(=O)CO[C@@H]21. The highest BCUT2D eigenvalue weighted by Gasteiger charge is 2.54. The Bertz CT molecular complexity index is 1080. The van der Waals surface area contributed by atoms with Gasteiger partial charge in [-0.15, -0.1) is 0 Å². The minimum atomic E-state index is -0.630. The van der Waals surface area contributed by atoms with Crippen molar-refractivity contribution in [3.63, 3.8) is 0 Å². The molecule has 2 saturated carbocycles. The van der Waals surface area contributed by atoms with Gasteiger partial charge in [-0.25, -0.2) is 0 Å². The molecule has 2 aliphatic carbocycles. The molecule has 0 aromatic heterocycles. The molecule has 3 heterocycles. The summed E-state index contributed by atoms with van der Waals surface area (Å²) in [5.74, 6) is -1.15. The number of amides is 2. The number of carbonyl (C=O) groups excluding carboxylic acids is 3. The second kappa shape index (κ2) is 10.6. The summed E-state index contributed by atoms with van der Waals surface area (Å²) < 4.78 is 11.4. The Labute approximate surface area is 224 Å². The minimum Gasteiger partial charge on any atom is -0.377 e. The van der Waals surface area contributed by atoms with E-state index in [9.17, 15) is 14.4 Å². The molecule has 5 fully saturated rings. The van der Waals surface area contributed by atoms with Gasteiger partial charge in [-0.1, -0.05) is 19.3 Å². The van der Waals surface area contributed by atoms with Gasteiger partial charge in [0.2, 0.25) is 11.8 Å². The fourth-order valence-corrected chi connectivity index (χ4v) is 7.30. The number of primary amides is 1. The summed E-state index contributed by atoms with van der Waals surface area (Å²) in [6, 6.07) is 5.94. The summed E-state index contributed by atoms with van der Waals surface area (Å²) in [6.07, 6.45) is 6.92. The number of carbonyl (C=O) groups is 3. The number of ether oxygens (including phenoxy) is 2. The number of piperazine rings is 1. The molecule has 1 aromatic rings. The highest BCUT2D eigenvalue weighted by atomic mass is 16.5. The maximum Gasteiger partial charge on any atom is 0.249 e. The summed E-state index contributed by atoms with van der Waals surface area (Å²) in [5, 5.41) is 0. The number of nitrogens with two attached hydrogens (primary N) is 1. The van der Waals surface area contributed by atoms with Gasteiger partial charge in [-0.3, -0.25) is 19.3 Å². The molecule has 9 heteroatoms. The van der Waals surface area contributed by atoms with Gasteiger partial charge in [0, 0.05) is 50.6 Å². The third-order valence-electron chi connectivity index (χ3n) is 9.49. The molecular formula is C29H40N4O5. The number of benzene rings is 1. The van der Waals surface area contributed by atoms with Crippen molar-refractivity contribution in [3.8, 4) is 0 Å². The number of hydrogen-bond donors (Lipinski definition) is 1. The lowest BCUT2D eigenvalue weighted by Gasteiger charge is -2.38. The van der Waals surface area contributed by atoms with Gasteiger partial charge in [0.1, 0.15) is 24.9 Å². The lowest BCUT2D eigenvalue weighted by atomic mass is 9.74. The second-order valence-electron chi connectivity index (χ2n) is 11.7. The van der Waals surface area contributed by atoms with E-state index in [1.165, 1.54) is 12.8 Å². The molecule has 6 rings (SSSR count). The first-order valence-corrected chi connectivity index (χ1v) is 14.4. The van der Waals surface area contributed by atoms with E-state index in [4.69, 9.17) is 15.2 Å². The van der Waals surface area contributed by atoms with Gasteiger partial charge in [0.25, 0.3) is 0 Å². The second-order valence-corrected chi connectivity index (χ2v) is 11.7. The van der Waals surface area contributed by atoms with E-state index in [0.717, 1.165) is 70.0 Å². The summed E-state index contributed by atoms with van der Waals surface area (Å²) in [4.78, 5) is 46.6. The number of ketones is 1. The standard InChI is InChI=1S/C29H40N4O5/c1-37-24-16-33(26-23(34)17-38-27(24)26)29(36)25(18-5-3-2-4-6-18)22-15-20(9-10-21(22)28(30)35)32-13-11-31(12-14-32)19-7-8-19/h9-10,15,18-19,24-27H,2-8,11-14,16-17H2,1H3,(H2,30,35)/t24-,25+,26-,27-/m1/s1. The number of nitrogens with zero attached hydrogens (tertiary/aromatic N) is 3. The number of anilines is 1. The van der Waals surface area contributed by atoms with Gasteiger partial charge in [0.15, 0.2) is 5.78 Å². The fraction of sp³-hybridized carbons (Fsp3) is 0.690. The molecule has 38 heavy (non-hydrogen) atoms. The topological polar surface area (TPSA) is 105 Å². The Morgan fingerprint density at radius 3 is 2.45 bits per heavy atom. The van der Waals surface area contributed by atoms with Crippen LogP contribution in [0.25, 0.3) is 0 Å². The summed E-state index contributed by atoms with van der Waals surface area (Å²) in [7, 11) is 1.60. The number of hydrogen-bond acceptors (Lipinski definition) is 7. The zero-order valence-electron chi connectivity index (χ0n) is 22.3. The summed E-state index contributed by atoms with van der Waals surface area (Å²) in [5.41, 5.74) is 8.04. The molecule has 0 unspecified atom stereocenters. The van der Waals surface area contributed by atoms with E-state index >= 15 is 0 Å². The number of methoxy groups -OCH3 is 1. The van der Waals surface area contributed by atoms with Crippen LogP contribution >= 0.6 is 0 Å². The van der Waals surface area contributed by atoms with Crippen LogP contribution < -0.4 is 10.6 Å². The van der Waals surface area contributed by atoms with Crippen LogP contribution in [0.15, 0.2) is 18.2 Å². The Morgan fingerprint density at radius 2 is 1.79 bits per heavy atom. The molecule has 206 valence electrons. The Kier molecular flexibility index (Phi) is 7.18. The first-order valence-electron chi connectivity index (χ1n) is 14.4. The fourth-order valence-electron chi connectivity index (χ4n) is 7.30. The van der Waals surface area contributed by atoms with Gasteiger partial charge in [-0.05, 0) is 55.4 Å². The molecule has 0 radical (unpaired) electrons. The smallest absolute Gasteiger partial charge is 0.249 e. The number of likely N-dealkylation sites (tertiary alicyclic amines) is 1. The molecule has 3 saturated heterocycles. The highest BCUT2D eigenvalue weighted by molar-refractivity contribution is 5.99. The molecule has 2 N–H and O–H groups in total. The van der Waals surface area contributed by atoms with Crippen LogP contribution in [0.4, 0.5) is 5.69 Å². The highest BCUT2D eigenvalue weighted by Crippen LogP contribution is 2.42. The third kappa shape index (κ3) is 4.73. The van der Waals surface area contributed by atoms with Crippen LogP contribution in [0.1, 0.15) is 66.8 Å². The summed E-state index contributed by atoms with van der Waals surface area (Å²) in [6.45, 7) is 4.21. The van der Waals surface area contributed by atoms with E-state index in [-0.39, 0.29) is 30.3 Å². The largest absolute Gasteiger partial charge is 0.377 e. The van der Waals surface area contributed by atoms with Crippen molar-refractivity contribution >= 4 is 23.3 Å². The quantitative estimate of drug-likeness (QED) is 0.581. The van der Waals surface area contributed by atoms with Gasteiger partial charge < -0.3 is 25.0 Å². The normalized spacial score (nSPS) is 29.5. The van der Waals surface area contributed by atoms with Gasteiger partial charge in [-0.2, -0.15) is 0 Å². The van der Waals surface area contributed by atoms with Crippen LogP contribution in [0.3, 0.4) is 0 Å². The van der Waals surface area contributed by atoms with Crippen molar-refractivity contribution in [3.05, 3.63) is 29.3 Å². The average molecular weight is 525 g/mol. The predicted molar refractivity (Wildman–Crippen MR) is 142 cm³/mol. The van der Waals surface area contributed by atoms with Gasteiger partial charge >= 0.3 is 0 Å². The molecular weight excluding hydrogens is 484 g/mol. The van der Waals surface area contributed by atoms with Crippen molar-refractivity contribution in [1.29, 1.82) is 0 Å². The van der Waals surface area contributed by atoms with Crippen molar-refractivity contribution in [2.24, 2.45) is 11.7 Å². The van der Waals surface area contributed by atoms with Crippen LogP contribution in [-0.4, -0.2) is 98.1 Å². The van der Waals surface area contributed by atoms with Crippen LogP contribution in [0.2, 0.25) is 0 Å². The maximum absolute atomic E-state index is 14.5. The lowest BCUT2D eigenvalue weighted by molar-refractivity contribution is -0.139. The molecule has 5 aliphatic rings. The summed E-state index contributed by atoms with van der Waals surface area (Å²) >= 11 is 0. The van der Waals surface area contributed by atoms with E-state index < -0.39 is 24.0 Å². The monoisotopic (exact) mass is 524 g/mol. The maximum atomic E-state index is 14.5. The van der Waals surface area contributed by atoms with Crippen molar-refractivity contribution < 1.29 is 23.9 Å².